The lowest BCUT2D eigenvalue weighted by Crippen LogP contribution is -2.38. The third-order valence-corrected chi connectivity index (χ3v) is 3.26. The zero-order chi connectivity index (χ0) is 12.6. The molecule has 17 heavy (non-hydrogen) atoms. The van der Waals surface area contributed by atoms with Crippen LogP contribution in [0.15, 0.2) is 0 Å². The summed E-state index contributed by atoms with van der Waals surface area (Å²) in [6, 6.07) is 0. The minimum Gasteiger partial charge on any atom is -0.258 e. The quantitative estimate of drug-likeness (QED) is 0.248. The van der Waals surface area contributed by atoms with Crippen molar-refractivity contribution in [1.29, 1.82) is 0 Å². The second-order valence-electron chi connectivity index (χ2n) is 4.96. The molecule has 3 heteroatoms. The van der Waals surface area contributed by atoms with Gasteiger partial charge in [-0.1, -0.05) is 77.6 Å². The van der Waals surface area contributed by atoms with Crippen molar-refractivity contribution in [2.45, 2.75) is 84.0 Å². The van der Waals surface area contributed by atoms with Crippen LogP contribution in [0.2, 0.25) is 0 Å². The molecule has 0 aromatic rings. The Labute approximate surface area is 108 Å². The molecular weight excluding hydrogens is 210 g/mol. The van der Waals surface area contributed by atoms with Gasteiger partial charge in [0.15, 0.2) is 0 Å². The summed E-state index contributed by atoms with van der Waals surface area (Å²) in [6.45, 7) is 3.26. The van der Waals surface area contributed by atoms with E-state index in [-0.39, 0.29) is 0 Å². The van der Waals surface area contributed by atoms with E-state index in [0.29, 0.717) is 0 Å². The van der Waals surface area contributed by atoms with Crippen LogP contribution in [0.5, 0.6) is 0 Å². The third-order valence-electron chi connectivity index (χ3n) is 3.26. The summed E-state index contributed by atoms with van der Waals surface area (Å²) in [4.78, 5) is 0. The van der Waals surface area contributed by atoms with E-state index >= 15 is 0 Å². The van der Waals surface area contributed by atoms with Crippen LogP contribution in [0.4, 0.5) is 0 Å². The van der Waals surface area contributed by atoms with Crippen LogP contribution in [0.3, 0.4) is 0 Å². The summed E-state index contributed by atoms with van der Waals surface area (Å²) in [5, 5.41) is 0. The highest BCUT2D eigenvalue weighted by Gasteiger charge is 1.93. The smallest absolute Gasteiger partial charge is 0.0113 e. The Kier molecular flexibility index (Phi) is 15.8. The van der Waals surface area contributed by atoms with Crippen molar-refractivity contribution in [3.05, 3.63) is 0 Å². The molecule has 0 saturated carbocycles. The molecule has 0 unspecified atom stereocenters. The van der Waals surface area contributed by atoms with Crippen molar-refractivity contribution in [3.63, 3.8) is 0 Å². The first-order chi connectivity index (χ1) is 8.41. The summed E-state index contributed by atoms with van der Waals surface area (Å²) >= 11 is 0. The summed E-state index contributed by atoms with van der Waals surface area (Å²) in [5.41, 5.74) is 5.37. The van der Waals surface area contributed by atoms with Crippen LogP contribution in [-0.2, 0) is 0 Å². The molecule has 0 spiro atoms. The zero-order valence-electron chi connectivity index (χ0n) is 11.8. The molecule has 0 atom stereocenters. The Hall–Kier alpha value is -0.120. The molecule has 0 aromatic carbocycles. The SMILES string of the molecule is CCCCCCCCCCCCCCNNN. The number of unbranched alkanes of at least 4 members (excludes halogenated alkanes) is 11. The van der Waals surface area contributed by atoms with Gasteiger partial charge < -0.3 is 0 Å². The van der Waals surface area contributed by atoms with Gasteiger partial charge in [-0.3, -0.25) is 5.84 Å². The number of hydrogen-bond acceptors (Lipinski definition) is 3. The summed E-state index contributed by atoms with van der Waals surface area (Å²) < 4.78 is 0. The monoisotopic (exact) mass is 243 g/mol. The Morgan fingerprint density at radius 1 is 0.647 bits per heavy atom. The molecule has 0 rings (SSSR count). The van der Waals surface area contributed by atoms with E-state index in [1.165, 1.54) is 77.0 Å². The van der Waals surface area contributed by atoms with Crippen LogP contribution in [0, 0.1) is 0 Å². The molecule has 0 bridgehead atoms. The third kappa shape index (κ3) is 15.9. The Balaban J connectivity index is 2.85. The topological polar surface area (TPSA) is 50.1 Å². The number of nitrogens with two attached hydrogens (primary N) is 1. The van der Waals surface area contributed by atoms with Gasteiger partial charge in [-0.05, 0) is 6.42 Å². The summed E-state index contributed by atoms with van der Waals surface area (Å²) in [7, 11) is 0. The molecule has 0 aromatic heterocycles. The lowest BCUT2D eigenvalue weighted by molar-refractivity contribution is 0.505. The minimum absolute atomic E-state index is 0.980. The maximum atomic E-state index is 5.11. The number of nitrogens with one attached hydrogen (secondary N) is 2. The molecular formula is C14H33N3. The van der Waals surface area contributed by atoms with Crippen molar-refractivity contribution < 1.29 is 0 Å². The maximum absolute atomic E-state index is 5.11. The van der Waals surface area contributed by atoms with Gasteiger partial charge in [-0.2, -0.15) is 5.53 Å². The van der Waals surface area contributed by atoms with E-state index in [4.69, 9.17) is 5.84 Å². The Morgan fingerprint density at radius 2 is 1.06 bits per heavy atom. The van der Waals surface area contributed by atoms with Crippen molar-refractivity contribution in [2.24, 2.45) is 5.84 Å². The molecule has 0 aliphatic carbocycles. The number of hydrogen-bond donors (Lipinski definition) is 3. The van der Waals surface area contributed by atoms with Gasteiger partial charge >= 0.3 is 0 Å². The largest absolute Gasteiger partial charge is 0.258 e. The predicted molar refractivity (Wildman–Crippen MR) is 76.4 cm³/mol. The van der Waals surface area contributed by atoms with E-state index in [9.17, 15) is 0 Å². The first-order valence-electron chi connectivity index (χ1n) is 7.60. The first-order valence-corrected chi connectivity index (χ1v) is 7.60. The second-order valence-corrected chi connectivity index (χ2v) is 4.96. The van der Waals surface area contributed by atoms with Crippen molar-refractivity contribution >= 4 is 0 Å². The number of rotatable bonds is 14. The normalized spacial score (nSPS) is 10.9. The average molecular weight is 243 g/mol. The van der Waals surface area contributed by atoms with Gasteiger partial charge in [0.05, 0.1) is 0 Å². The molecule has 0 heterocycles. The van der Waals surface area contributed by atoms with Crippen molar-refractivity contribution in [2.75, 3.05) is 6.54 Å². The fourth-order valence-corrected chi connectivity index (χ4v) is 2.13. The lowest BCUT2D eigenvalue weighted by atomic mass is 10.1. The minimum atomic E-state index is 0.980. The molecule has 0 aliphatic heterocycles. The summed E-state index contributed by atoms with van der Waals surface area (Å²) in [6.07, 6.45) is 16.8. The highest BCUT2D eigenvalue weighted by Crippen LogP contribution is 2.11. The van der Waals surface area contributed by atoms with Gasteiger partial charge in [0.1, 0.15) is 0 Å². The average Bonchev–Trinajstić information content (AvgIpc) is 2.35. The fraction of sp³-hybridized carbons (Fsp3) is 1.00. The molecule has 0 fully saturated rings. The van der Waals surface area contributed by atoms with E-state index in [1.54, 1.807) is 0 Å². The Bertz CT molecular complexity index is 115. The second kappa shape index (κ2) is 15.9. The van der Waals surface area contributed by atoms with Gasteiger partial charge in [0, 0.05) is 6.54 Å². The molecule has 0 aliphatic rings. The highest BCUT2D eigenvalue weighted by atomic mass is 15.5. The first kappa shape index (κ1) is 16.9. The van der Waals surface area contributed by atoms with E-state index in [2.05, 4.69) is 17.9 Å². The van der Waals surface area contributed by atoms with E-state index < -0.39 is 0 Å². The van der Waals surface area contributed by atoms with E-state index in [1.807, 2.05) is 0 Å². The maximum Gasteiger partial charge on any atom is 0.0113 e. The highest BCUT2D eigenvalue weighted by molar-refractivity contribution is 4.49. The van der Waals surface area contributed by atoms with Crippen LogP contribution in [-0.4, -0.2) is 6.54 Å². The number of hydrazine groups is 2. The van der Waals surface area contributed by atoms with Gasteiger partial charge in [0.25, 0.3) is 0 Å². The fourth-order valence-electron chi connectivity index (χ4n) is 2.13. The van der Waals surface area contributed by atoms with E-state index in [0.717, 1.165) is 6.54 Å². The molecule has 4 N–H and O–H groups in total. The molecule has 0 amide bonds. The van der Waals surface area contributed by atoms with Crippen LogP contribution in [0.25, 0.3) is 0 Å². The van der Waals surface area contributed by atoms with Gasteiger partial charge in [-0.15, -0.1) is 0 Å². The van der Waals surface area contributed by atoms with Gasteiger partial charge in [0.2, 0.25) is 0 Å². The van der Waals surface area contributed by atoms with Crippen molar-refractivity contribution in [3.8, 4) is 0 Å². The summed E-state index contributed by atoms with van der Waals surface area (Å²) in [5.74, 6) is 5.11. The molecule has 0 radical (unpaired) electrons. The predicted octanol–water partition coefficient (Wildman–Crippen LogP) is 3.66. The van der Waals surface area contributed by atoms with Crippen molar-refractivity contribution in [1.82, 2.24) is 11.0 Å². The Morgan fingerprint density at radius 3 is 1.47 bits per heavy atom. The van der Waals surface area contributed by atoms with Crippen LogP contribution >= 0.6 is 0 Å². The van der Waals surface area contributed by atoms with Gasteiger partial charge in [-0.25, -0.2) is 5.43 Å². The zero-order valence-corrected chi connectivity index (χ0v) is 11.8. The lowest BCUT2D eigenvalue weighted by Gasteiger charge is -2.03. The van der Waals surface area contributed by atoms with Crippen LogP contribution in [0.1, 0.15) is 84.0 Å². The van der Waals surface area contributed by atoms with Crippen LogP contribution < -0.4 is 16.8 Å². The standard InChI is InChI=1S/C14H33N3/c1-2-3-4-5-6-7-8-9-10-11-12-13-14-16-17-15/h16-17H,2-15H2,1H3. The molecule has 104 valence electrons. The molecule has 0 saturated heterocycles. The molecule has 3 nitrogen and oxygen atoms in total.